The minimum Gasteiger partial charge on any atom is -0.476 e. The summed E-state index contributed by atoms with van der Waals surface area (Å²) in [5.74, 6) is -1.10. The Bertz CT molecular complexity index is 785. The van der Waals surface area contributed by atoms with Crippen molar-refractivity contribution in [2.24, 2.45) is 0 Å². The van der Waals surface area contributed by atoms with Gasteiger partial charge >= 0.3 is 5.97 Å². The Morgan fingerprint density at radius 1 is 1.48 bits per heavy atom. The van der Waals surface area contributed by atoms with Gasteiger partial charge in [0.25, 0.3) is 0 Å². The maximum absolute atomic E-state index is 11.3. The quantitative estimate of drug-likeness (QED) is 0.769. The standard InChI is InChI=1S/C13H9BrN4O2S/c14-9-4-10(21-7-9)6-18-12(8-2-1-3-15-5-8)11(13(19)20)16-17-18/h1-5,7H,6H2,(H,19,20). The monoisotopic (exact) mass is 364 g/mol. The van der Waals surface area contributed by atoms with Gasteiger partial charge in [-0.1, -0.05) is 5.21 Å². The molecule has 0 bridgehead atoms. The van der Waals surface area contributed by atoms with Crippen LogP contribution < -0.4 is 0 Å². The van der Waals surface area contributed by atoms with E-state index in [4.69, 9.17) is 0 Å². The Kier molecular flexibility index (Phi) is 3.80. The number of halogens is 1. The van der Waals surface area contributed by atoms with E-state index in [0.717, 1.165) is 9.35 Å². The Hall–Kier alpha value is -2.06. The molecule has 0 saturated carbocycles. The zero-order valence-corrected chi connectivity index (χ0v) is 13.0. The van der Waals surface area contributed by atoms with Gasteiger partial charge in [0.15, 0.2) is 5.69 Å². The number of carbonyl (C=O) groups is 1. The van der Waals surface area contributed by atoms with Crippen LogP contribution in [0.3, 0.4) is 0 Å². The zero-order chi connectivity index (χ0) is 14.8. The summed E-state index contributed by atoms with van der Waals surface area (Å²) in [5.41, 5.74) is 1.06. The van der Waals surface area contributed by atoms with E-state index in [-0.39, 0.29) is 5.69 Å². The van der Waals surface area contributed by atoms with Crippen molar-refractivity contribution >= 4 is 33.2 Å². The number of pyridine rings is 1. The van der Waals surface area contributed by atoms with Crippen LogP contribution in [-0.4, -0.2) is 31.1 Å². The predicted molar refractivity (Wildman–Crippen MR) is 81.3 cm³/mol. The first-order chi connectivity index (χ1) is 10.1. The smallest absolute Gasteiger partial charge is 0.358 e. The highest BCUT2D eigenvalue weighted by atomic mass is 79.9. The maximum atomic E-state index is 11.3. The number of nitrogens with zero attached hydrogens (tertiary/aromatic N) is 4. The fourth-order valence-electron chi connectivity index (χ4n) is 1.94. The third-order valence-corrected chi connectivity index (χ3v) is 4.48. The highest BCUT2D eigenvalue weighted by molar-refractivity contribution is 9.10. The number of carboxylic acid groups (broad SMARTS) is 1. The Labute approximate surface area is 132 Å². The SMILES string of the molecule is O=C(O)c1nnn(Cc2cc(Br)cs2)c1-c1cccnc1. The van der Waals surface area contributed by atoms with Gasteiger partial charge in [0, 0.05) is 32.7 Å². The van der Waals surface area contributed by atoms with Crippen molar-refractivity contribution in [2.45, 2.75) is 6.54 Å². The lowest BCUT2D eigenvalue weighted by Crippen LogP contribution is -2.05. The first-order valence-corrected chi connectivity index (χ1v) is 7.62. The van der Waals surface area contributed by atoms with Crippen LogP contribution in [0.15, 0.2) is 40.4 Å². The minimum absolute atomic E-state index is 0.0707. The topological polar surface area (TPSA) is 80.9 Å². The first kappa shape index (κ1) is 13.9. The van der Waals surface area contributed by atoms with Gasteiger partial charge in [0.1, 0.15) is 5.69 Å². The third kappa shape index (κ3) is 2.86. The Morgan fingerprint density at radius 2 is 2.33 bits per heavy atom. The molecule has 0 saturated heterocycles. The van der Waals surface area contributed by atoms with Gasteiger partial charge in [-0.25, -0.2) is 9.48 Å². The molecule has 0 unspecified atom stereocenters. The van der Waals surface area contributed by atoms with E-state index < -0.39 is 5.97 Å². The molecule has 21 heavy (non-hydrogen) atoms. The highest BCUT2D eigenvalue weighted by Gasteiger charge is 2.21. The Balaban J connectivity index is 2.07. The molecule has 0 aliphatic carbocycles. The molecule has 8 heteroatoms. The summed E-state index contributed by atoms with van der Waals surface area (Å²) >= 11 is 4.97. The summed E-state index contributed by atoms with van der Waals surface area (Å²) in [5, 5.41) is 19.0. The molecule has 6 nitrogen and oxygen atoms in total. The van der Waals surface area contributed by atoms with Crippen LogP contribution in [0.25, 0.3) is 11.3 Å². The molecule has 0 aliphatic heterocycles. The largest absolute Gasteiger partial charge is 0.476 e. The van der Waals surface area contributed by atoms with Crippen LogP contribution in [0.4, 0.5) is 0 Å². The number of hydrogen-bond donors (Lipinski definition) is 1. The second kappa shape index (κ2) is 5.74. The van der Waals surface area contributed by atoms with Crippen molar-refractivity contribution in [3.63, 3.8) is 0 Å². The second-order valence-corrected chi connectivity index (χ2v) is 6.13. The summed E-state index contributed by atoms with van der Waals surface area (Å²) in [6.07, 6.45) is 3.24. The predicted octanol–water partition coefficient (Wildman–Crippen LogP) is 2.91. The molecular weight excluding hydrogens is 356 g/mol. The van der Waals surface area contributed by atoms with Crippen molar-refractivity contribution in [3.05, 3.63) is 51.0 Å². The van der Waals surface area contributed by atoms with Gasteiger partial charge in [0.05, 0.1) is 6.54 Å². The normalized spacial score (nSPS) is 10.7. The highest BCUT2D eigenvalue weighted by Crippen LogP contribution is 2.25. The molecule has 3 heterocycles. The van der Waals surface area contributed by atoms with Crippen LogP contribution in [-0.2, 0) is 6.54 Å². The van der Waals surface area contributed by atoms with Crippen LogP contribution in [0, 0.1) is 0 Å². The second-order valence-electron chi connectivity index (χ2n) is 4.22. The summed E-state index contributed by atoms with van der Waals surface area (Å²) in [6, 6.07) is 5.51. The lowest BCUT2D eigenvalue weighted by Gasteiger charge is -2.05. The molecule has 0 atom stereocenters. The third-order valence-electron chi connectivity index (χ3n) is 2.80. The lowest BCUT2D eigenvalue weighted by atomic mass is 10.1. The van der Waals surface area contributed by atoms with Gasteiger partial charge in [-0.2, -0.15) is 0 Å². The number of thiophene rings is 1. The number of aromatic carboxylic acids is 1. The molecule has 0 fully saturated rings. The number of carboxylic acids is 1. The fourth-order valence-corrected chi connectivity index (χ4v) is 3.37. The molecular formula is C13H9BrN4O2S. The summed E-state index contributed by atoms with van der Waals surface area (Å²) in [6.45, 7) is 0.459. The maximum Gasteiger partial charge on any atom is 0.358 e. The van der Waals surface area contributed by atoms with Crippen molar-refractivity contribution in [1.29, 1.82) is 0 Å². The molecule has 3 rings (SSSR count). The van der Waals surface area contributed by atoms with Gasteiger partial charge in [-0.05, 0) is 34.1 Å². The van der Waals surface area contributed by atoms with Crippen LogP contribution in [0.2, 0.25) is 0 Å². The zero-order valence-electron chi connectivity index (χ0n) is 10.6. The fraction of sp³-hybridized carbons (Fsp3) is 0.0769. The van der Waals surface area contributed by atoms with E-state index in [9.17, 15) is 9.90 Å². The summed E-state index contributed by atoms with van der Waals surface area (Å²) < 4.78 is 2.57. The molecule has 1 N–H and O–H groups in total. The lowest BCUT2D eigenvalue weighted by molar-refractivity contribution is 0.0691. The van der Waals surface area contributed by atoms with Crippen molar-refractivity contribution in [2.75, 3.05) is 0 Å². The van der Waals surface area contributed by atoms with E-state index >= 15 is 0 Å². The van der Waals surface area contributed by atoms with E-state index in [1.54, 1.807) is 40.5 Å². The van der Waals surface area contributed by atoms with E-state index in [1.807, 2.05) is 11.4 Å². The molecule has 0 amide bonds. The van der Waals surface area contributed by atoms with Crippen LogP contribution in [0.1, 0.15) is 15.4 Å². The molecule has 0 radical (unpaired) electrons. The van der Waals surface area contributed by atoms with Gasteiger partial charge in [-0.3, -0.25) is 4.98 Å². The van der Waals surface area contributed by atoms with Gasteiger partial charge < -0.3 is 5.11 Å². The van der Waals surface area contributed by atoms with Crippen molar-refractivity contribution < 1.29 is 9.90 Å². The molecule has 0 aromatic carbocycles. The molecule has 0 aliphatic rings. The van der Waals surface area contributed by atoms with E-state index in [2.05, 4.69) is 31.2 Å². The van der Waals surface area contributed by atoms with Crippen LogP contribution in [0.5, 0.6) is 0 Å². The van der Waals surface area contributed by atoms with Crippen molar-refractivity contribution in [3.8, 4) is 11.3 Å². The Morgan fingerprint density at radius 3 is 2.95 bits per heavy atom. The first-order valence-electron chi connectivity index (χ1n) is 5.95. The van der Waals surface area contributed by atoms with Crippen LogP contribution >= 0.6 is 27.3 Å². The minimum atomic E-state index is -1.10. The molecule has 0 spiro atoms. The summed E-state index contributed by atoms with van der Waals surface area (Å²) in [7, 11) is 0. The summed E-state index contributed by atoms with van der Waals surface area (Å²) in [4.78, 5) is 16.4. The van der Waals surface area contributed by atoms with E-state index in [1.165, 1.54) is 0 Å². The van der Waals surface area contributed by atoms with E-state index in [0.29, 0.717) is 17.8 Å². The average Bonchev–Trinajstić information content (AvgIpc) is 3.07. The average molecular weight is 365 g/mol. The number of aromatic nitrogens is 4. The molecule has 3 aromatic rings. The van der Waals surface area contributed by atoms with Crippen molar-refractivity contribution in [1.82, 2.24) is 20.0 Å². The van der Waals surface area contributed by atoms with Gasteiger partial charge in [-0.15, -0.1) is 16.4 Å². The number of rotatable bonds is 4. The number of hydrogen-bond acceptors (Lipinski definition) is 5. The molecule has 106 valence electrons. The molecule has 3 aromatic heterocycles. The van der Waals surface area contributed by atoms with Gasteiger partial charge in [0.2, 0.25) is 0 Å².